The van der Waals surface area contributed by atoms with Crippen LogP contribution in [0.15, 0.2) is 42.7 Å². The van der Waals surface area contributed by atoms with Crippen molar-refractivity contribution in [2.24, 2.45) is 5.73 Å². The van der Waals surface area contributed by atoms with Crippen molar-refractivity contribution in [1.82, 2.24) is 4.98 Å². The maximum atomic E-state index is 10.8. The molecule has 76 valence electrons. The van der Waals surface area contributed by atoms with Gasteiger partial charge in [0.05, 0.1) is 0 Å². The lowest BCUT2D eigenvalue weighted by Gasteiger charge is -2.02. The average Bonchev–Trinajstić information content (AvgIpc) is 2.71. The second-order valence-electron chi connectivity index (χ2n) is 3.04. The van der Waals surface area contributed by atoms with Gasteiger partial charge in [-0.1, -0.05) is 0 Å². The predicted octanol–water partition coefficient (Wildman–Crippen LogP) is 1.91. The largest absolute Gasteiger partial charge is 0.456 e. The quantitative estimate of drug-likeness (QED) is 0.798. The molecule has 15 heavy (non-hydrogen) atoms. The summed E-state index contributed by atoms with van der Waals surface area (Å²) in [5.74, 6) is 0.949. The summed E-state index contributed by atoms with van der Waals surface area (Å²) in [6, 6.07) is 8.47. The van der Waals surface area contributed by atoms with Crippen molar-refractivity contribution >= 4 is 5.91 Å². The molecule has 1 heterocycles. The van der Waals surface area contributed by atoms with E-state index in [9.17, 15) is 4.79 Å². The van der Waals surface area contributed by atoms with Crippen molar-refractivity contribution in [2.75, 3.05) is 0 Å². The van der Waals surface area contributed by atoms with Gasteiger partial charge in [0.1, 0.15) is 11.5 Å². The molecule has 2 aromatic rings. The Bertz CT molecular complexity index is 446. The van der Waals surface area contributed by atoms with E-state index in [0.29, 0.717) is 11.3 Å². The standard InChI is InChI=1S/C11H10N2O2/c12-11(14)8-1-3-9(4-2-8)15-10-5-6-13-7-10/h1-7,13H,(H2,12,14). The molecule has 0 aliphatic heterocycles. The Labute approximate surface area is 86.7 Å². The van der Waals surface area contributed by atoms with Crippen LogP contribution in [0, 0.1) is 0 Å². The lowest BCUT2D eigenvalue weighted by Crippen LogP contribution is -2.10. The van der Waals surface area contributed by atoms with E-state index in [1.807, 2.05) is 6.07 Å². The molecule has 0 atom stereocenters. The Morgan fingerprint density at radius 1 is 1.13 bits per heavy atom. The number of hydrogen-bond acceptors (Lipinski definition) is 2. The molecule has 0 spiro atoms. The fourth-order valence-electron chi connectivity index (χ4n) is 1.20. The summed E-state index contributed by atoms with van der Waals surface area (Å²) in [4.78, 5) is 13.7. The molecule has 0 bridgehead atoms. The Morgan fingerprint density at radius 3 is 2.40 bits per heavy atom. The Hall–Kier alpha value is -2.23. The molecule has 4 heteroatoms. The summed E-state index contributed by atoms with van der Waals surface area (Å²) in [7, 11) is 0. The van der Waals surface area contributed by atoms with Crippen molar-refractivity contribution in [3.05, 3.63) is 48.3 Å². The minimum absolute atomic E-state index is 0.441. The summed E-state index contributed by atoms with van der Waals surface area (Å²) < 4.78 is 5.47. The molecule has 0 saturated heterocycles. The molecular formula is C11H10N2O2. The normalized spacial score (nSPS) is 9.87. The van der Waals surface area contributed by atoms with Gasteiger partial charge in [0.25, 0.3) is 0 Å². The van der Waals surface area contributed by atoms with Gasteiger partial charge in [0.15, 0.2) is 0 Å². The van der Waals surface area contributed by atoms with Crippen LogP contribution in [0.5, 0.6) is 11.5 Å². The number of primary amides is 1. The number of aromatic amines is 1. The molecule has 1 amide bonds. The highest BCUT2D eigenvalue weighted by Crippen LogP contribution is 2.20. The first-order valence-corrected chi connectivity index (χ1v) is 4.46. The maximum Gasteiger partial charge on any atom is 0.248 e. The molecule has 0 radical (unpaired) electrons. The van der Waals surface area contributed by atoms with Crippen LogP contribution in [0.4, 0.5) is 0 Å². The first-order valence-electron chi connectivity index (χ1n) is 4.46. The van der Waals surface area contributed by atoms with Gasteiger partial charge in [0.2, 0.25) is 5.91 Å². The van der Waals surface area contributed by atoms with E-state index in [1.165, 1.54) is 0 Å². The molecule has 2 rings (SSSR count). The van der Waals surface area contributed by atoms with E-state index in [2.05, 4.69) is 4.98 Å². The molecule has 0 aliphatic rings. The summed E-state index contributed by atoms with van der Waals surface area (Å²) in [5, 5.41) is 0. The molecule has 4 nitrogen and oxygen atoms in total. The van der Waals surface area contributed by atoms with E-state index in [4.69, 9.17) is 10.5 Å². The summed E-state index contributed by atoms with van der Waals surface area (Å²) in [6.07, 6.45) is 3.51. The number of rotatable bonds is 3. The number of nitrogens with one attached hydrogen (secondary N) is 1. The Morgan fingerprint density at radius 2 is 1.87 bits per heavy atom. The van der Waals surface area contributed by atoms with Crippen LogP contribution < -0.4 is 10.5 Å². The molecule has 1 aromatic heterocycles. The fourth-order valence-corrected chi connectivity index (χ4v) is 1.20. The Balaban J connectivity index is 2.14. The number of hydrogen-bond donors (Lipinski definition) is 2. The fraction of sp³-hybridized carbons (Fsp3) is 0. The van der Waals surface area contributed by atoms with E-state index in [-0.39, 0.29) is 0 Å². The summed E-state index contributed by atoms with van der Waals surface area (Å²) in [6.45, 7) is 0. The molecule has 1 aromatic carbocycles. The SMILES string of the molecule is NC(=O)c1ccc(Oc2cc[nH]c2)cc1. The number of H-pyrrole nitrogens is 1. The van der Waals surface area contributed by atoms with Gasteiger partial charge < -0.3 is 15.5 Å². The van der Waals surface area contributed by atoms with Crippen molar-refractivity contribution in [1.29, 1.82) is 0 Å². The highest BCUT2D eigenvalue weighted by molar-refractivity contribution is 5.92. The molecule has 0 fully saturated rings. The number of aromatic nitrogens is 1. The lowest BCUT2D eigenvalue weighted by atomic mass is 10.2. The molecule has 0 aliphatic carbocycles. The van der Waals surface area contributed by atoms with Crippen LogP contribution in [0.2, 0.25) is 0 Å². The second kappa shape index (κ2) is 3.88. The van der Waals surface area contributed by atoms with Crippen LogP contribution in [-0.4, -0.2) is 10.9 Å². The zero-order valence-electron chi connectivity index (χ0n) is 7.94. The molecule has 0 unspecified atom stereocenters. The third kappa shape index (κ3) is 2.17. The minimum atomic E-state index is -0.441. The van der Waals surface area contributed by atoms with Gasteiger partial charge in [-0.15, -0.1) is 0 Å². The third-order valence-electron chi connectivity index (χ3n) is 1.94. The van der Waals surface area contributed by atoms with Crippen LogP contribution in [0.25, 0.3) is 0 Å². The van der Waals surface area contributed by atoms with Gasteiger partial charge in [-0.25, -0.2) is 0 Å². The van der Waals surface area contributed by atoms with E-state index in [0.717, 1.165) is 5.75 Å². The molecule has 3 N–H and O–H groups in total. The highest BCUT2D eigenvalue weighted by Gasteiger charge is 2.01. The van der Waals surface area contributed by atoms with Gasteiger partial charge in [-0.3, -0.25) is 4.79 Å². The number of amides is 1. The number of carbonyl (C=O) groups excluding carboxylic acids is 1. The smallest absolute Gasteiger partial charge is 0.248 e. The van der Waals surface area contributed by atoms with Crippen molar-refractivity contribution in [3.63, 3.8) is 0 Å². The van der Waals surface area contributed by atoms with Crippen molar-refractivity contribution in [2.45, 2.75) is 0 Å². The van der Waals surface area contributed by atoms with E-state index >= 15 is 0 Å². The van der Waals surface area contributed by atoms with Gasteiger partial charge in [-0.05, 0) is 30.3 Å². The monoisotopic (exact) mass is 202 g/mol. The van der Waals surface area contributed by atoms with Crippen LogP contribution in [0.3, 0.4) is 0 Å². The lowest BCUT2D eigenvalue weighted by molar-refractivity contribution is 0.100. The minimum Gasteiger partial charge on any atom is -0.456 e. The maximum absolute atomic E-state index is 10.8. The summed E-state index contributed by atoms with van der Waals surface area (Å²) >= 11 is 0. The van der Waals surface area contributed by atoms with Gasteiger partial charge >= 0.3 is 0 Å². The molecular weight excluding hydrogens is 192 g/mol. The Kier molecular flexibility index (Phi) is 2.41. The first kappa shape index (κ1) is 9.33. The average molecular weight is 202 g/mol. The summed E-state index contributed by atoms with van der Waals surface area (Å²) in [5.41, 5.74) is 5.58. The number of nitrogens with two attached hydrogens (primary N) is 1. The number of benzene rings is 1. The zero-order valence-corrected chi connectivity index (χ0v) is 7.94. The highest BCUT2D eigenvalue weighted by atomic mass is 16.5. The van der Waals surface area contributed by atoms with Crippen LogP contribution in [-0.2, 0) is 0 Å². The number of ether oxygens (including phenoxy) is 1. The predicted molar refractivity (Wildman–Crippen MR) is 55.8 cm³/mol. The van der Waals surface area contributed by atoms with Crippen LogP contribution in [0.1, 0.15) is 10.4 Å². The first-order chi connectivity index (χ1) is 7.25. The molecule has 0 saturated carbocycles. The van der Waals surface area contributed by atoms with E-state index < -0.39 is 5.91 Å². The second-order valence-corrected chi connectivity index (χ2v) is 3.04. The van der Waals surface area contributed by atoms with Crippen molar-refractivity contribution < 1.29 is 9.53 Å². The van der Waals surface area contributed by atoms with Crippen LogP contribution >= 0.6 is 0 Å². The number of carbonyl (C=O) groups is 1. The van der Waals surface area contributed by atoms with Crippen molar-refractivity contribution in [3.8, 4) is 11.5 Å². The van der Waals surface area contributed by atoms with E-state index in [1.54, 1.807) is 36.7 Å². The zero-order chi connectivity index (χ0) is 10.7. The van der Waals surface area contributed by atoms with Gasteiger partial charge in [0, 0.05) is 18.0 Å². The van der Waals surface area contributed by atoms with Gasteiger partial charge in [-0.2, -0.15) is 0 Å². The topological polar surface area (TPSA) is 68.1 Å². The third-order valence-corrected chi connectivity index (χ3v) is 1.94.